The Morgan fingerprint density at radius 3 is 2.50 bits per heavy atom. The van der Waals surface area contributed by atoms with Crippen LogP contribution in [0.4, 0.5) is 5.69 Å². The van der Waals surface area contributed by atoms with E-state index in [1.807, 2.05) is 6.26 Å². The van der Waals surface area contributed by atoms with Crippen LogP contribution in [0, 0.1) is 0 Å². The van der Waals surface area contributed by atoms with Crippen LogP contribution in [-0.2, 0) is 9.59 Å². The van der Waals surface area contributed by atoms with Crippen LogP contribution < -0.4 is 16.4 Å². The Morgan fingerprint density at radius 2 is 1.86 bits per heavy atom. The van der Waals surface area contributed by atoms with E-state index in [0.717, 1.165) is 0 Å². The van der Waals surface area contributed by atoms with E-state index in [1.165, 1.54) is 11.8 Å². The number of carbonyl (C=O) groups is 3. The molecule has 0 saturated heterocycles. The number of aliphatic carboxylic acids is 1. The highest BCUT2D eigenvalue weighted by atomic mass is 32.2. The van der Waals surface area contributed by atoms with Crippen LogP contribution >= 0.6 is 24.4 Å². The van der Waals surface area contributed by atoms with Crippen molar-refractivity contribution in [3.8, 4) is 0 Å². The van der Waals surface area contributed by atoms with Crippen LogP contribution in [0.15, 0.2) is 36.4 Å². The predicted molar refractivity (Wildman–Crippen MR) is 116 cm³/mol. The summed E-state index contributed by atoms with van der Waals surface area (Å²) in [5.41, 5.74) is 6.56. The summed E-state index contributed by atoms with van der Waals surface area (Å²) in [6.07, 6.45) is 2.21. The molecule has 0 spiro atoms. The number of thiol groups is 1. The minimum absolute atomic E-state index is 0.205. The van der Waals surface area contributed by atoms with E-state index >= 15 is 0 Å². The van der Waals surface area contributed by atoms with Crippen LogP contribution in [0.5, 0.6) is 0 Å². The molecule has 0 saturated carbocycles. The first-order valence-electron chi connectivity index (χ1n) is 8.60. The van der Waals surface area contributed by atoms with Gasteiger partial charge in [-0.15, -0.1) is 0 Å². The van der Waals surface area contributed by atoms with Crippen molar-refractivity contribution >= 4 is 58.6 Å². The lowest BCUT2D eigenvalue weighted by molar-refractivity contribution is -0.139. The van der Waals surface area contributed by atoms with Gasteiger partial charge in [0.1, 0.15) is 6.04 Å². The topological polar surface area (TPSA) is 122 Å². The van der Waals surface area contributed by atoms with E-state index in [1.54, 1.807) is 36.4 Å². The van der Waals surface area contributed by atoms with Gasteiger partial charge in [0, 0.05) is 22.4 Å². The van der Waals surface area contributed by atoms with Gasteiger partial charge in [-0.05, 0) is 35.9 Å². The molecular formula is C19H23N3O4S2. The maximum atomic E-state index is 12.7. The van der Waals surface area contributed by atoms with Gasteiger partial charge in [0.2, 0.25) is 5.91 Å². The Morgan fingerprint density at radius 1 is 1.18 bits per heavy atom. The van der Waals surface area contributed by atoms with Gasteiger partial charge in [-0.2, -0.15) is 24.4 Å². The molecular weight excluding hydrogens is 398 g/mol. The molecule has 2 atom stereocenters. The van der Waals surface area contributed by atoms with E-state index in [2.05, 4.69) is 23.3 Å². The zero-order valence-electron chi connectivity index (χ0n) is 15.3. The molecule has 0 aliphatic rings. The lowest BCUT2D eigenvalue weighted by Crippen LogP contribution is -2.41. The third-order valence-corrected chi connectivity index (χ3v) is 5.21. The molecule has 0 aliphatic carbocycles. The second-order valence-corrected chi connectivity index (χ2v) is 7.48. The minimum Gasteiger partial charge on any atom is -0.480 e. The number of fused-ring (bicyclic) bond motifs is 1. The summed E-state index contributed by atoms with van der Waals surface area (Å²) in [4.78, 5) is 36.2. The number of thioether (sulfide) groups is 1. The molecule has 0 unspecified atom stereocenters. The zero-order chi connectivity index (χ0) is 20.7. The molecule has 7 nitrogen and oxygen atoms in total. The summed E-state index contributed by atoms with van der Waals surface area (Å²) in [5, 5.41) is 15.9. The molecule has 2 rings (SSSR count). The normalized spacial score (nSPS) is 13.0. The fourth-order valence-electron chi connectivity index (χ4n) is 2.65. The van der Waals surface area contributed by atoms with Crippen molar-refractivity contribution in [2.45, 2.75) is 18.5 Å². The van der Waals surface area contributed by atoms with E-state index in [-0.39, 0.29) is 11.7 Å². The number of amides is 2. The number of carboxylic acids is 1. The van der Waals surface area contributed by atoms with E-state index < -0.39 is 24.0 Å². The van der Waals surface area contributed by atoms with Crippen molar-refractivity contribution in [1.29, 1.82) is 0 Å². The Kier molecular flexibility index (Phi) is 8.16. The first kappa shape index (κ1) is 22.1. The summed E-state index contributed by atoms with van der Waals surface area (Å²) in [6.45, 7) is 0. The monoisotopic (exact) mass is 421 g/mol. The van der Waals surface area contributed by atoms with Gasteiger partial charge >= 0.3 is 5.97 Å². The van der Waals surface area contributed by atoms with Crippen LogP contribution in [0.25, 0.3) is 10.8 Å². The van der Waals surface area contributed by atoms with Gasteiger partial charge in [0.05, 0.1) is 6.04 Å². The molecule has 0 aromatic heterocycles. The number of benzene rings is 2. The van der Waals surface area contributed by atoms with Crippen molar-refractivity contribution in [2.75, 3.05) is 23.1 Å². The molecule has 5 N–H and O–H groups in total. The summed E-state index contributed by atoms with van der Waals surface area (Å²) < 4.78 is 0. The standard InChI is InChI=1S/C19H23N3O4S2/c1-28-9-8-16(19(25)26)22-17(23)13-6-2-5-12-11(13)4-3-7-15(12)21-18(24)14(20)10-27/h2-7,14,16,27H,8-10,20H2,1H3,(H,21,24)(H,22,23)(H,25,26)/t14-,16-/m0/s1. The summed E-state index contributed by atoms with van der Waals surface area (Å²) >= 11 is 5.54. The molecule has 0 fully saturated rings. The number of carbonyl (C=O) groups excluding carboxylic acids is 2. The Balaban J connectivity index is 2.33. The number of anilines is 1. The summed E-state index contributed by atoms with van der Waals surface area (Å²) in [6, 6.07) is 8.53. The van der Waals surface area contributed by atoms with Gasteiger partial charge in [0.15, 0.2) is 0 Å². The first-order valence-corrected chi connectivity index (χ1v) is 10.6. The molecule has 9 heteroatoms. The third kappa shape index (κ3) is 5.40. The maximum Gasteiger partial charge on any atom is 0.326 e. The van der Waals surface area contributed by atoms with Crippen LogP contribution in [0.2, 0.25) is 0 Å². The van der Waals surface area contributed by atoms with Gasteiger partial charge < -0.3 is 21.5 Å². The highest BCUT2D eigenvalue weighted by molar-refractivity contribution is 7.98. The van der Waals surface area contributed by atoms with Gasteiger partial charge in [-0.25, -0.2) is 4.79 Å². The molecule has 0 aliphatic heterocycles. The van der Waals surface area contributed by atoms with Gasteiger partial charge in [-0.1, -0.05) is 24.3 Å². The van der Waals surface area contributed by atoms with Crippen molar-refractivity contribution in [3.63, 3.8) is 0 Å². The molecule has 2 amide bonds. The Labute approximate surface area is 172 Å². The Bertz CT molecular complexity index is 875. The minimum atomic E-state index is -1.07. The number of hydrogen-bond acceptors (Lipinski definition) is 6. The maximum absolute atomic E-state index is 12.7. The van der Waals surface area contributed by atoms with Crippen LogP contribution in [0.3, 0.4) is 0 Å². The van der Waals surface area contributed by atoms with Crippen molar-refractivity contribution in [2.24, 2.45) is 5.73 Å². The van der Waals surface area contributed by atoms with Crippen LogP contribution in [-0.4, -0.2) is 52.7 Å². The summed E-state index contributed by atoms with van der Waals surface area (Å²) in [5.74, 6) is -1.10. The van der Waals surface area contributed by atoms with E-state index in [0.29, 0.717) is 34.2 Å². The predicted octanol–water partition coefficient (Wildman–Crippen LogP) is 1.97. The smallest absolute Gasteiger partial charge is 0.326 e. The number of nitrogens with two attached hydrogens (primary N) is 1. The molecule has 0 radical (unpaired) electrons. The van der Waals surface area contributed by atoms with Crippen molar-refractivity contribution in [3.05, 3.63) is 42.0 Å². The fraction of sp³-hybridized carbons (Fsp3) is 0.316. The number of rotatable bonds is 9. The lowest BCUT2D eigenvalue weighted by Gasteiger charge is -2.16. The van der Waals surface area contributed by atoms with Gasteiger partial charge in [-0.3, -0.25) is 9.59 Å². The quantitative estimate of drug-likeness (QED) is 0.395. The molecule has 28 heavy (non-hydrogen) atoms. The Hall–Kier alpha value is -2.23. The number of nitrogens with one attached hydrogen (secondary N) is 2. The molecule has 2 aromatic carbocycles. The van der Waals surface area contributed by atoms with E-state index in [4.69, 9.17) is 5.73 Å². The number of carboxylic acid groups (broad SMARTS) is 1. The highest BCUT2D eigenvalue weighted by Gasteiger charge is 2.22. The SMILES string of the molecule is CSCC[C@H](NC(=O)c1cccc2c(NC(=O)[C@@H](N)CS)cccc12)C(=O)O. The largest absolute Gasteiger partial charge is 0.480 e. The van der Waals surface area contributed by atoms with Gasteiger partial charge in [0.25, 0.3) is 5.91 Å². The second-order valence-electron chi connectivity index (χ2n) is 6.13. The van der Waals surface area contributed by atoms with Crippen molar-refractivity contribution in [1.82, 2.24) is 5.32 Å². The summed E-state index contributed by atoms with van der Waals surface area (Å²) in [7, 11) is 0. The molecule has 2 aromatic rings. The van der Waals surface area contributed by atoms with E-state index in [9.17, 15) is 19.5 Å². The third-order valence-electron chi connectivity index (χ3n) is 4.17. The molecule has 0 bridgehead atoms. The average Bonchev–Trinajstić information content (AvgIpc) is 2.69. The highest BCUT2D eigenvalue weighted by Crippen LogP contribution is 2.26. The zero-order valence-corrected chi connectivity index (χ0v) is 17.1. The molecule has 0 heterocycles. The van der Waals surface area contributed by atoms with Crippen LogP contribution in [0.1, 0.15) is 16.8 Å². The fourth-order valence-corrected chi connectivity index (χ4v) is 3.29. The van der Waals surface area contributed by atoms with Crippen molar-refractivity contribution < 1.29 is 19.5 Å². The number of hydrogen-bond donors (Lipinski definition) is 5. The lowest BCUT2D eigenvalue weighted by atomic mass is 10.0. The first-order chi connectivity index (χ1) is 13.4. The second kappa shape index (κ2) is 10.4. The molecule has 150 valence electrons. The average molecular weight is 422 g/mol.